The third-order valence-corrected chi connectivity index (χ3v) is 2.41. The molecule has 0 aliphatic heterocycles. The van der Waals surface area contributed by atoms with Crippen molar-refractivity contribution in [3.8, 4) is 6.07 Å². The maximum absolute atomic E-state index is 13.5. The first kappa shape index (κ1) is 13.7. The van der Waals surface area contributed by atoms with Gasteiger partial charge in [-0.3, -0.25) is 0 Å². The second kappa shape index (κ2) is 4.90. The molecule has 0 radical (unpaired) electrons. The first-order valence-corrected chi connectivity index (χ1v) is 4.84. The molecule has 0 saturated carbocycles. The van der Waals surface area contributed by atoms with Crippen LogP contribution in [-0.2, 0) is 6.18 Å². The van der Waals surface area contributed by atoms with Gasteiger partial charge in [-0.15, -0.1) is 0 Å². The van der Waals surface area contributed by atoms with Crippen LogP contribution in [0.2, 0.25) is 5.02 Å². The number of rotatable bonds is 2. The van der Waals surface area contributed by atoms with Gasteiger partial charge >= 0.3 is 6.18 Å². The normalized spacial score (nSPS) is 13.2. The predicted molar refractivity (Wildman–Crippen MR) is 53.6 cm³/mol. The van der Waals surface area contributed by atoms with Crippen molar-refractivity contribution in [3.63, 3.8) is 0 Å². The average Bonchev–Trinajstić information content (AvgIpc) is 2.20. The molecular formula is C10H7ClF4N2. The summed E-state index contributed by atoms with van der Waals surface area (Å²) in [4.78, 5) is 0. The zero-order valence-electron chi connectivity index (χ0n) is 8.35. The Bertz CT molecular complexity index is 465. The number of nitriles is 1. The fourth-order valence-corrected chi connectivity index (χ4v) is 1.54. The van der Waals surface area contributed by atoms with E-state index in [0.717, 1.165) is 6.07 Å². The van der Waals surface area contributed by atoms with Crippen LogP contribution in [0.4, 0.5) is 17.6 Å². The van der Waals surface area contributed by atoms with E-state index in [9.17, 15) is 17.6 Å². The summed E-state index contributed by atoms with van der Waals surface area (Å²) in [6, 6.07) is 1.68. The highest BCUT2D eigenvalue weighted by Crippen LogP contribution is 2.38. The van der Waals surface area contributed by atoms with Gasteiger partial charge in [-0.2, -0.15) is 18.4 Å². The van der Waals surface area contributed by atoms with Crippen LogP contribution in [0, 0.1) is 17.1 Å². The van der Waals surface area contributed by atoms with Crippen LogP contribution < -0.4 is 5.73 Å². The van der Waals surface area contributed by atoms with Crippen LogP contribution >= 0.6 is 11.6 Å². The van der Waals surface area contributed by atoms with Crippen LogP contribution in [0.3, 0.4) is 0 Å². The van der Waals surface area contributed by atoms with E-state index < -0.39 is 40.6 Å². The number of halogens is 5. The minimum Gasteiger partial charge on any atom is -0.323 e. The first-order valence-electron chi connectivity index (χ1n) is 4.46. The van der Waals surface area contributed by atoms with Gasteiger partial charge in [0.1, 0.15) is 5.82 Å². The molecule has 0 amide bonds. The fraction of sp³-hybridized carbons (Fsp3) is 0.300. The molecule has 0 spiro atoms. The summed E-state index contributed by atoms with van der Waals surface area (Å²) >= 11 is 5.40. The lowest BCUT2D eigenvalue weighted by Gasteiger charge is -2.17. The molecule has 0 heterocycles. The number of hydrogen-bond acceptors (Lipinski definition) is 2. The third-order valence-electron chi connectivity index (χ3n) is 2.12. The molecule has 17 heavy (non-hydrogen) atoms. The van der Waals surface area contributed by atoms with E-state index in [4.69, 9.17) is 22.6 Å². The molecule has 0 unspecified atom stereocenters. The SMILES string of the molecule is N#CC[C@H](N)c1c(C(F)(F)F)ccc(Cl)c1F. The number of hydrogen-bond donors (Lipinski definition) is 1. The molecule has 0 bridgehead atoms. The van der Waals surface area contributed by atoms with Crippen molar-refractivity contribution in [1.82, 2.24) is 0 Å². The van der Waals surface area contributed by atoms with Crippen molar-refractivity contribution >= 4 is 11.6 Å². The van der Waals surface area contributed by atoms with Crippen molar-refractivity contribution in [1.29, 1.82) is 5.26 Å². The highest BCUT2D eigenvalue weighted by molar-refractivity contribution is 6.30. The number of nitrogens with zero attached hydrogens (tertiary/aromatic N) is 1. The van der Waals surface area contributed by atoms with Gasteiger partial charge in [-0.1, -0.05) is 11.6 Å². The van der Waals surface area contributed by atoms with Crippen LogP contribution in [0.25, 0.3) is 0 Å². The second-order valence-corrected chi connectivity index (χ2v) is 3.70. The largest absolute Gasteiger partial charge is 0.416 e. The predicted octanol–water partition coefficient (Wildman–Crippen LogP) is 3.41. The molecule has 92 valence electrons. The number of nitrogens with two attached hydrogens (primary N) is 1. The monoisotopic (exact) mass is 266 g/mol. The molecule has 0 saturated heterocycles. The van der Waals surface area contributed by atoms with Crippen LogP contribution in [0.15, 0.2) is 12.1 Å². The summed E-state index contributed by atoms with van der Waals surface area (Å²) < 4.78 is 51.4. The first-order chi connectivity index (χ1) is 7.79. The second-order valence-electron chi connectivity index (χ2n) is 3.29. The highest BCUT2D eigenvalue weighted by atomic mass is 35.5. The zero-order valence-corrected chi connectivity index (χ0v) is 9.11. The van der Waals surface area contributed by atoms with Gasteiger partial charge in [0.2, 0.25) is 0 Å². The summed E-state index contributed by atoms with van der Waals surface area (Å²) in [5, 5.41) is 7.93. The van der Waals surface area contributed by atoms with E-state index in [1.165, 1.54) is 0 Å². The molecule has 2 nitrogen and oxygen atoms in total. The quantitative estimate of drug-likeness (QED) is 0.834. The van der Waals surface area contributed by atoms with E-state index in [1.54, 1.807) is 6.07 Å². The molecular weight excluding hydrogens is 260 g/mol. The summed E-state index contributed by atoms with van der Waals surface area (Å²) in [5.74, 6) is -1.23. The molecule has 1 aromatic carbocycles. The topological polar surface area (TPSA) is 49.8 Å². The molecule has 0 fully saturated rings. The molecule has 0 aliphatic carbocycles. The van der Waals surface area contributed by atoms with Crippen molar-refractivity contribution in [2.24, 2.45) is 5.73 Å². The van der Waals surface area contributed by atoms with Crippen molar-refractivity contribution in [3.05, 3.63) is 34.1 Å². The minimum absolute atomic E-state index is 0.430. The van der Waals surface area contributed by atoms with E-state index >= 15 is 0 Å². The summed E-state index contributed by atoms with van der Waals surface area (Å²) in [7, 11) is 0. The van der Waals surface area contributed by atoms with E-state index in [1.807, 2.05) is 0 Å². The fourth-order valence-electron chi connectivity index (χ4n) is 1.38. The van der Waals surface area contributed by atoms with Gasteiger partial charge in [-0.05, 0) is 12.1 Å². The molecule has 1 atom stereocenters. The van der Waals surface area contributed by atoms with Crippen LogP contribution in [0.1, 0.15) is 23.6 Å². The van der Waals surface area contributed by atoms with Gasteiger partial charge < -0.3 is 5.73 Å². The van der Waals surface area contributed by atoms with Gasteiger partial charge in [0.05, 0.1) is 23.1 Å². The standard InChI is InChI=1S/C10H7ClF4N2/c11-6-2-1-5(10(13,14)15)8(9(6)12)7(17)3-4-16/h1-2,7H,3,17H2/t7-/m0/s1. The van der Waals surface area contributed by atoms with Crippen molar-refractivity contribution < 1.29 is 17.6 Å². The highest BCUT2D eigenvalue weighted by Gasteiger charge is 2.36. The van der Waals surface area contributed by atoms with Crippen LogP contribution in [-0.4, -0.2) is 0 Å². The lowest BCUT2D eigenvalue weighted by molar-refractivity contribution is -0.138. The van der Waals surface area contributed by atoms with E-state index in [-0.39, 0.29) is 0 Å². The molecule has 0 aromatic heterocycles. The maximum Gasteiger partial charge on any atom is 0.416 e. The summed E-state index contributed by atoms with van der Waals surface area (Å²) in [5.41, 5.74) is 3.37. The molecule has 1 rings (SSSR count). The number of benzene rings is 1. The Morgan fingerprint density at radius 3 is 2.47 bits per heavy atom. The van der Waals surface area contributed by atoms with Gasteiger partial charge in [-0.25, -0.2) is 4.39 Å². The van der Waals surface area contributed by atoms with Crippen molar-refractivity contribution in [2.45, 2.75) is 18.6 Å². The van der Waals surface area contributed by atoms with Crippen molar-refractivity contribution in [2.75, 3.05) is 0 Å². The summed E-state index contributed by atoms with van der Waals surface area (Å²) in [6.45, 7) is 0. The van der Waals surface area contributed by atoms with Crippen LogP contribution in [0.5, 0.6) is 0 Å². The van der Waals surface area contributed by atoms with Gasteiger partial charge in [0.15, 0.2) is 0 Å². The minimum atomic E-state index is -4.74. The van der Waals surface area contributed by atoms with Gasteiger partial charge in [0, 0.05) is 11.6 Å². The smallest absolute Gasteiger partial charge is 0.323 e. The Balaban J connectivity index is 3.43. The Hall–Kier alpha value is -1.32. The third kappa shape index (κ3) is 2.87. The lowest BCUT2D eigenvalue weighted by Crippen LogP contribution is -2.19. The summed E-state index contributed by atoms with van der Waals surface area (Å²) in [6.07, 6.45) is -5.17. The Morgan fingerprint density at radius 2 is 2.00 bits per heavy atom. The average molecular weight is 267 g/mol. The Labute approximate surface area is 99.6 Å². The zero-order chi connectivity index (χ0) is 13.2. The lowest BCUT2D eigenvalue weighted by atomic mass is 9.98. The van der Waals surface area contributed by atoms with E-state index in [2.05, 4.69) is 0 Å². The maximum atomic E-state index is 13.5. The van der Waals surface area contributed by atoms with Gasteiger partial charge in [0.25, 0.3) is 0 Å². The Morgan fingerprint density at radius 1 is 1.41 bits per heavy atom. The molecule has 0 aliphatic rings. The molecule has 2 N–H and O–H groups in total. The molecule has 7 heteroatoms. The Kier molecular flexibility index (Phi) is 3.96. The van der Waals surface area contributed by atoms with E-state index in [0.29, 0.717) is 6.07 Å². The number of alkyl halides is 3. The molecule has 1 aromatic rings.